The minimum atomic E-state index is 1.04. The molecule has 0 rings (SSSR count). The van der Waals surface area contributed by atoms with Gasteiger partial charge in [0.15, 0.2) is 0 Å². The normalized spacial score (nSPS) is 7.50. The van der Waals surface area contributed by atoms with Crippen molar-refractivity contribution in [2.45, 2.75) is 0 Å². The van der Waals surface area contributed by atoms with E-state index < -0.39 is 0 Å². The molecule has 0 saturated carbocycles. The molecule has 0 aliphatic heterocycles. The number of carbonyl (C=O) groups excluding carboxylic acids is 2. The van der Waals surface area contributed by atoms with Crippen LogP contribution in [0, 0.1) is 0 Å². The van der Waals surface area contributed by atoms with Gasteiger partial charge in [0.05, 0.1) is 12.4 Å². The van der Waals surface area contributed by atoms with E-state index in [9.17, 15) is 9.59 Å². The predicted octanol–water partition coefficient (Wildman–Crippen LogP) is 0.129. The average molecular weight is 110 g/mol. The van der Waals surface area contributed by atoms with Crippen molar-refractivity contribution in [2.75, 3.05) is 0 Å². The van der Waals surface area contributed by atoms with Gasteiger partial charge in [-0.3, -0.25) is 0 Å². The van der Waals surface area contributed by atoms with Crippen LogP contribution in [0.4, 0.5) is 0 Å². The van der Waals surface area contributed by atoms with Crippen LogP contribution in [0.3, 0.4) is 0 Å². The van der Waals surface area contributed by atoms with E-state index in [2.05, 4.69) is 9.98 Å². The van der Waals surface area contributed by atoms with E-state index in [1.54, 1.807) is 0 Å². The highest BCUT2D eigenvalue weighted by atomic mass is 16.1. The van der Waals surface area contributed by atoms with Crippen molar-refractivity contribution < 1.29 is 9.59 Å². The van der Waals surface area contributed by atoms with Gasteiger partial charge in [-0.1, -0.05) is 0 Å². The second-order valence-electron chi connectivity index (χ2n) is 0.739. The monoisotopic (exact) mass is 110 g/mol. The highest BCUT2D eigenvalue weighted by molar-refractivity contribution is 5.36. The number of isocyanates is 2. The van der Waals surface area contributed by atoms with Crippen LogP contribution in [0.25, 0.3) is 0 Å². The Morgan fingerprint density at radius 1 is 1.00 bits per heavy atom. The van der Waals surface area contributed by atoms with Crippen LogP contribution in [0.15, 0.2) is 22.4 Å². The highest BCUT2D eigenvalue weighted by Crippen LogP contribution is 1.69. The van der Waals surface area contributed by atoms with Crippen LogP contribution < -0.4 is 0 Å². The fourth-order valence-corrected chi connectivity index (χ4v) is 0.128. The van der Waals surface area contributed by atoms with Gasteiger partial charge in [0.25, 0.3) is 0 Å². The van der Waals surface area contributed by atoms with Gasteiger partial charge in [0.2, 0.25) is 12.2 Å². The first-order valence-corrected chi connectivity index (χ1v) is 1.71. The number of hydrogen-bond donors (Lipinski definition) is 0. The van der Waals surface area contributed by atoms with Gasteiger partial charge in [0, 0.05) is 0 Å². The number of hydrogen-bond acceptors (Lipinski definition) is 4. The number of aliphatic imine (C=N–C) groups is 2. The molecule has 0 fully saturated rings. The molecule has 4 heteroatoms. The predicted molar refractivity (Wildman–Crippen MR) is 25.4 cm³/mol. The summed E-state index contributed by atoms with van der Waals surface area (Å²) in [5, 5.41) is 0. The van der Waals surface area contributed by atoms with Crippen molar-refractivity contribution in [2.24, 2.45) is 9.98 Å². The smallest absolute Gasteiger partial charge is 0.211 e. The maximum atomic E-state index is 9.28. The van der Waals surface area contributed by atoms with Crippen molar-refractivity contribution >= 4 is 12.2 Å². The van der Waals surface area contributed by atoms with Gasteiger partial charge in [-0.05, 0) is 0 Å². The van der Waals surface area contributed by atoms with Crippen LogP contribution in [0.1, 0.15) is 0 Å². The minimum Gasteiger partial charge on any atom is -0.211 e. The van der Waals surface area contributed by atoms with Gasteiger partial charge in [-0.2, -0.15) is 9.98 Å². The summed E-state index contributed by atoms with van der Waals surface area (Å²) in [6.07, 6.45) is 4.53. The Labute approximate surface area is 45.3 Å². The first-order chi connectivity index (χ1) is 3.91. The molecule has 0 spiro atoms. The van der Waals surface area contributed by atoms with Crippen LogP contribution in [-0.4, -0.2) is 12.2 Å². The second-order valence-corrected chi connectivity index (χ2v) is 0.739. The summed E-state index contributed by atoms with van der Waals surface area (Å²) in [6, 6.07) is 0. The van der Waals surface area contributed by atoms with Crippen LogP contribution in [0.2, 0.25) is 0 Å². The van der Waals surface area contributed by atoms with Gasteiger partial charge in [-0.15, -0.1) is 0 Å². The summed E-state index contributed by atoms with van der Waals surface area (Å²) < 4.78 is 0. The Morgan fingerprint density at radius 3 is 1.62 bits per heavy atom. The summed E-state index contributed by atoms with van der Waals surface area (Å²) in [5.74, 6) is 0. The zero-order valence-corrected chi connectivity index (χ0v) is 3.87. The zero-order valence-electron chi connectivity index (χ0n) is 3.87. The standard InChI is InChI=1S/C4H2N2O2/c7-3-5-1-2-6-4-8/h1-2H/b2-1-. The average Bonchev–Trinajstić information content (AvgIpc) is 1.81. The summed E-state index contributed by atoms with van der Waals surface area (Å²) in [4.78, 5) is 24.5. The van der Waals surface area contributed by atoms with Crippen LogP contribution >= 0.6 is 0 Å². The van der Waals surface area contributed by atoms with Crippen molar-refractivity contribution in [3.8, 4) is 0 Å². The molecule has 0 heterocycles. The highest BCUT2D eigenvalue weighted by Gasteiger charge is 1.57. The molecule has 8 heavy (non-hydrogen) atoms. The molecule has 0 aromatic carbocycles. The van der Waals surface area contributed by atoms with Crippen LogP contribution in [0.5, 0.6) is 0 Å². The van der Waals surface area contributed by atoms with Gasteiger partial charge >= 0.3 is 0 Å². The molecule has 0 saturated heterocycles. The summed E-state index contributed by atoms with van der Waals surface area (Å²) in [6.45, 7) is 0. The van der Waals surface area contributed by atoms with Gasteiger partial charge < -0.3 is 0 Å². The van der Waals surface area contributed by atoms with E-state index in [0.29, 0.717) is 0 Å². The molecule has 40 valence electrons. The Balaban J connectivity index is 3.66. The molecule has 0 aliphatic carbocycles. The number of nitrogens with zero attached hydrogens (tertiary/aromatic N) is 2. The van der Waals surface area contributed by atoms with E-state index in [4.69, 9.17) is 0 Å². The molecule has 0 amide bonds. The molecule has 0 N–H and O–H groups in total. The van der Waals surface area contributed by atoms with E-state index in [0.717, 1.165) is 12.4 Å². The molecule has 0 bridgehead atoms. The Bertz CT molecular complexity index is 152. The molecular formula is C4H2N2O2. The molecule has 0 aromatic rings. The zero-order chi connectivity index (χ0) is 6.24. The van der Waals surface area contributed by atoms with Crippen molar-refractivity contribution in [1.29, 1.82) is 0 Å². The molecule has 0 aromatic heterocycles. The van der Waals surface area contributed by atoms with E-state index in [1.807, 2.05) is 0 Å². The van der Waals surface area contributed by atoms with Crippen molar-refractivity contribution in [1.82, 2.24) is 0 Å². The Hall–Kier alpha value is -1.50. The lowest BCUT2D eigenvalue weighted by atomic mass is 10.9. The SMILES string of the molecule is O=C=N/C=C\N=C=O. The Morgan fingerprint density at radius 2 is 1.38 bits per heavy atom. The maximum Gasteiger partial charge on any atom is 0.239 e. The summed E-state index contributed by atoms with van der Waals surface area (Å²) in [7, 11) is 0. The van der Waals surface area contributed by atoms with Crippen molar-refractivity contribution in [3.63, 3.8) is 0 Å². The van der Waals surface area contributed by atoms with Crippen molar-refractivity contribution in [3.05, 3.63) is 12.4 Å². The largest absolute Gasteiger partial charge is 0.239 e. The number of rotatable bonds is 2. The van der Waals surface area contributed by atoms with E-state index in [-0.39, 0.29) is 0 Å². The molecular weight excluding hydrogens is 108 g/mol. The lowest BCUT2D eigenvalue weighted by molar-refractivity contribution is 0.564. The maximum absolute atomic E-state index is 9.28. The molecule has 0 aliphatic rings. The van der Waals surface area contributed by atoms with E-state index >= 15 is 0 Å². The lowest BCUT2D eigenvalue weighted by Crippen LogP contribution is -1.48. The summed E-state index contributed by atoms with van der Waals surface area (Å²) >= 11 is 0. The third kappa shape index (κ3) is 4.50. The lowest BCUT2D eigenvalue weighted by Gasteiger charge is -1.58. The molecule has 4 nitrogen and oxygen atoms in total. The van der Waals surface area contributed by atoms with Gasteiger partial charge in [-0.25, -0.2) is 9.59 Å². The fourth-order valence-electron chi connectivity index (χ4n) is 0.128. The quantitative estimate of drug-likeness (QED) is 0.374. The first-order valence-electron chi connectivity index (χ1n) is 1.71. The Kier molecular flexibility index (Phi) is 4.47. The fraction of sp³-hybridized carbons (Fsp3) is 0. The van der Waals surface area contributed by atoms with Crippen LogP contribution in [-0.2, 0) is 9.59 Å². The first kappa shape index (κ1) is 6.50. The minimum absolute atomic E-state index is 1.04. The third-order valence-electron chi connectivity index (χ3n) is 0.321. The van der Waals surface area contributed by atoms with Gasteiger partial charge in [0.1, 0.15) is 0 Å². The summed E-state index contributed by atoms with van der Waals surface area (Å²) in [5.41, 5.74) is 0. The molecule has 0 unspecified atom stereocenters. The topological polar surface area (TPSA) is 58.9 Å². The molecule has 0 radical (unpaired) electrons. The molecule has 0 atom stereocenters. The van der Waals surface area contributed by atoms with E-state index in [1.165, 1.54) is 12.2 Å². The second kappa shape index (κ2) is 5.50. The third-order valence-corrected chi connectivity index (χ3v) is 0.321.